The van der Waals surface area contributed by atoms with Crippen molar-refractivity contribution in [2.75, 3.05) is 7.11 Å². The van der Waals surface area contributed by atoms with Crippen molar-refractivity contribution in [1.29, 1.82) is 0 Å². The van der Waals surface area contributed by atoms with Crippen LogP contribution in [0.15, 0.2) is 36.9 Å². The van der Waals surface area contributed by atoms with Crippen LogP contribution >= 0.6 is 0 Å². The largest absolute Gasteiger partial charge is 0.467 e. The Balaban J connectivity index is 2.62. The Hall–Kier alpha value is -2.17. The molecule has 4 nitrogen and oxygen atoms in total. The zero-order chi connectivity index (χ0) is 14.3. The normalized spacial score (nSPS) is 11.5. The number of carbonyl (C=O) groups excluding carboxylic acids is 2. The summed E-state index contributed by atoms with van der Waals surface area (Å²) in [6, 6.07) is 4.99. The molecule has 19 heavy (non-hydrogen) atoms. The van der Waals surface area contributed by atoms with E-state index in [-0.39, 0.29) is 18.7 Å². The molecule has 0 aliphatic heterocycles. The molecule has 1 aromatic rings. The van der Waals surface area contributed by atoms with Gasteiger partial charge in [-0.25, -0.2) is 9.18 Å². The molecule has 0 spiro atoms. The van der Waals surface area contributed by atoms with Gasteiger partial charge in [0.05, 0.1) is 13.5 Å². The van der Waals surface area contributed by atoms with E-state index in [1.54, 1.807) is 6.07 Å². The van der Waals surface area contributed by atoms with Crippen LogP contribution in [-0.4, -0.2) is 25.0 Å². The summed E-state index contributed by atoms with van der Waals surface area (Å²) in [6.45, 7) is 3.51. The Morgan fingerprint density at radius 3 is 2.84 bits per heavy atom. The molecule has 1 N–H and O–H groups in total. The second kappa shape index (κ2) is 7.31. The summed E-state index contributed by atoms with van der Waals surface area (Å²) in [7, 11) is 1.25. The standard InChI is InChI=1S/C14H16FNO3/c1-3-5-12(14(18)19-2)16-13(17)9-10-6-4-7-11(15)8-10/h3-4,6-8,12H,1,5,9H2,2H3,(H,16,17)/t12-/m1/s1. The molecular formula is C14H16FNO3. The van der Waals surface area contributed by atoms with Crippen LogP contribution in [0.2, 0.25) is 0 Å². The smallest absolute Gasteiger partial charge is 0.328 e. The summed E-state index contributed by atoms with van der Waals surface area (Å²) in [5.74, 6) is -1.31. The number of ether oxygens (including phenoxy) is 1. The Morgan fingerprint density at radius 2 is 2.26 bits per heavy atom. The van der Waals surface area contributed by atoms with E-state index in [1.165, 1.54) is 31.4 Å². The van der Waals surface area contributed by atoms with Gasteiger partial charge in [0.1, 0.15) is 11.9 Å². The van der Waals surface area contributed by atoms with Crippen molar-refractivity contribution in [2.24, 2.45) is 0 Å². The van der Waals surface area contributed by atoms with Crippen LogP contribution in [0.4, 0.5) is 4.39 Å². The molecule has 0 saturated heterocycles. The second-order valence-corrected chi connectivity index (χ2v) is 3.97. The van der Waals surface area contributed by atoms with Crippen LogP contribution in [0.5, 0.6) is 0 Å². The van der Waals surface area contributed by atoms with E-state index in [1.807, 2.05) is 0 Å². The maximum absolute atomic E-state index is 13.0. The highest BCUT2D eigenvalue weighted by molar-refractivity contribution is 5.85. The van der Waals surface area contributed by atoms with Crippen molar-refractivity contribution in [1.82, 2.24) is 5.32 Å². The van der Waals surface area contributed by atoms with Crippen LogP contribution in [-0.2, 0) is 20.7 Å². The molecule has 0 unspecified atom stereocenters. The highest BCUT2D eigenvalue weighted by Gasteiger charge is 2.19. The lowest BCUT2D eigenvalue weighted by Crippen LogP contribution is -2.41. The number of esters is 1. The van der Waals surface area contributed by atoms with E-state index < -0.39 is 17.8 Å². The zero-order valence-corrected chi connectivity index (χ0v) is 10.7. The summed E-state index contributed by atoms with van der Waals surface area (Å²) in [5.41, 5.74) is 0.541. The van der Waals surface area contributed by atoms with Crippen LogP contribution in [0.25, 0.3) is 0 Å². The fraction of sp³-hybridized carbons (Fsp3) is 0.286. The van der Waals surface area contributed by atoms with Gasteiger partial charge >= 0.3 is 5.97 Å². The number of benzene rings is 1. The van der Waals surface area contributed by atoms with Gasteiger partial charge in [0, 0.05) is 0 Å². The predicted octanol–water partition coefficient (Wildman–Crippen LogP) is 1.60. The first-order valence-corrected chi connectivity index (χ1v) is 5.79. The van der Waals surface area contributed by atoms with Gasteiger partial charge in [-0.05, 0) is 24.1 Å². The third kappa shape index (κ3) is 4.91. The minimum Gasteiger partial charge on any atom is -0.467 e. The fourth-order valence-electron chi connectivity index (χ4n) is 1.60. The number of hydrogen-bond acceptors (Lipinski definition) is 3. The molecule has 0 heterocycles. The molecule has 1 rings (SSSR count). The monoisotopic (exact) mass is 265 g/mol. The fourth-order valence-corrected chi connectivity index (χ4v) is 1.60. The lowest BCUT2D eigenvalue weighted by molar-refractivity contribution is -0.144. The highest BCUT2D eigenvalue weighted by Crippen LogP contribution is 2.05. The van der Waals surface area contributed by atoms with Gasteiger partial charge in [0.2, 0.25) is 5.91 Å². The number of amides is 1. The predicted molar refractivity (Wildman–Crippen MR) is 68.9 cm³/mol. The Bertz CT molecular complexity index is 474. The van der Waals surface area contributed by atoms with Crippen molar-refractivity contribution >= 4 is 11.9 Å². The third-order valence-corrected chi connectivity index (χ3v) is 2.48. The van der Waals surface area contributed by atoms with Gasteiger partial charge in [0.15, 0.2) is 0 Å². The van der Waals surface area contributed by atoms with E-state index in [0.29, 0.717) is 5.56 Å². The molecule has 1 atom stereocenters. The van der Waals surface area contributed by atoms with E-state index in [2.05, 4.69) is 16.6 Å². The van der Waals surface area contributed by atoms with Gasteiger partial charge < -0.3 is 10.1 Å². The molecule has 0 saturated carbocycles. The molecular weight excluding hydrogens is 249 g/mol. The highest BCUT2D eigenvalue weighted by atomic mass is 19.1. The van der Waals surface area contributed by atoms with Gasteiger partial charge in [0.25, 0.3) is 0 Å². The summed E-state index contributed by atoms with van der Waals surface area (Å²) in [5, 5.41) is 2.53. The Kier molecular flexibility index (Phi) is 5.73. The SMILES string of the molecule is C=CC[C@@H](NC(=O)Cc1cccc(F)c1)C(=O)OC. The Labute approximate surface area is 111 Å². The molecule has 0 aliphatic carbocycles. The molecule has 0 radical (unpaired) electrons. The van der Waals surface area contributed by atoms with Crippen molar-refractivity contribution < 1.29 is 18.7 Å². The van der Waals surface area contributed by atoms with E-state index in [9.17, 15) is 14.0 Å². The Morgan fingerprint density at radius 1 is 1.53 bits per heavy atom. The van der Waals surface area contributed by atoms with Crippen molar-refractivity contribution in [3.8, 4) is 0 Å². The van der Waals surface area contributed by atoms with Crippen molar-refractivity contribution in [3.05, 3.63) is 48.3 Å². The average Bonchev–Trinajstić information content (AvgIpc) is 2.37. The summed E-state index contributed by atoms with van der Waals surface area (Å²) >= 11 is 0. The first kappa shape index (κ1) is 14.9. The van der Waals surface area contributed by atoms with E-state index in [0.717, 1.165) is 0 Å². The quantitative estimate of drug-likeness (QED) is 0.628. The molecule has 0 fully saturated rings. The number of nitrogens with one attached hydrogen (secondary N) is 1. The summed E-state index contributed by atoms with van der Waals surface area (Å²) in [4.78, 5) is 23.2. The maximum atomic E-state index is 13.0. The average molecular weight is 265 g/mol. The van der Waals surface area contributed by atoms with E-state index in [4.69, 9.17) is 0 Å². The summed E-state index contributed by atoms with van der Waals surface area (Å²) < 4.78 is 17.5. The lowest BCUT2D eigenvalue weighted by atomic mass is 10.1. The van der Waals surface area contributed by atoms with Gasteiger partial charge in [-0.3, -0.25) is 4.79 Å². The molecule has 0 aliphatic rings. The van der Waals surface area contributed by atoms with Crippen molar-refractivity contribution in [3.63, 3.8) is 0 Å². The first-order chi connectivity index (χ1) is 9.06. The van der Waals surface area contributed by atoms with Crippen molar-refractivity contribution in [2.45, 2.75) is 18.9 Å². The minimum absolute atomic E-state index is 0.00238. The topological polar surface area (TPSA) is 55.4 Å². The number of hydrogen-bond donors (Lipinski definition) is 1. The third-order valence-electron chi connectivity index (χ3n) is 2.48. The molecule has 0 aromatic heterocycles. The molecule has 102 valence electrons. The van der Waals surface area contributed by atoms with Crippen LogP contribution in [0.1, 0.15) is 12.0 Å². The number of carbonyl (C=O) groups is 2. The number of methoxy groups -OCH3 is 1. The molecule has 5 heteroatoms. The maximum Gasteiger partial charge on any atom is 0.328 e. The summed E-state index contributed by atoms with van der Waals surface area (Å²) in [6.07, 6.45) is 1.80. The number of rotatable bonds is 6. The number of halogens is 1. The molecule has 1 aromatic carbocycles. The molecule has 0 bridgehead atoms. The second-order valence-electron chi connectivity index (χ2n) is 3.97. The van der Waals surface area contributed by atoms with Gasteiger partial charge in [-0.2, -0.15) is 0 Å². The van der Waals surface area contributed by atoms with Crippen LogP contribution in [0.3, 0.4) is 0 Å². The minimum atomic E-state index is -0.761. The first-order valence-electron chi connectivity index (χ1n) is 5.79. The lowest BCUT2D eigenvalue weighted by Gasteiger charge is -2.14. The van der Waals surface area contributed by atoms with Gasteiger partial charge in [-0.15, -0.1) is 6.58 Å². The van der Waals surface area contributed by atoms with E-state index >= 15 is 0 Å². The van der Waals surface area contributed by atoms with Gasteiger partial charge in [-0.1, -0.05) is 18.2 Å². The zero-order valence-electron chi connectivity index (χ0n) is 10.7. The van der Waals surface area contributed by atoms with Crippen LogP contribution in [0, 0.1) is 5.82 Å². The van der Waals surface area contributed by atoms with Crippen LogP contribution < -0.4 is 5.32 Å². The molecule has 1 amide bonds.